The molecule has 2 aromatic rings. The second-order valence-electron chi connectivity index (χ2n) is 6.34. The van der Waals surface area contributed by atoms with Crippen molar-refractivity contribution in [1.82, 2.24) is 15.1 Å². The fourth-order valence-electron chi connectivity index (χ4n) is 2.86. The number of hydrogen-bond acceptors (Lipinski definition) is 5. The monoisotopic (exact) mass is 359 g/mol. The van der Waals surface area contributed by atoms with Crippen LogP contribution in [0.1, 0.15) is 51.0 Å². The van der Waals surface area contributed by atoms with Gasteiger partial charge in [-0.15, -0.1) is 0 Å². The molecule has 0 saturated heterocycles. The molecule has 0 aliphatic heterocycles. The van der Waals surface area contributed by atoms with Gasteiger partial charge in [-0.3, -0.25) is 9.59 Å². The van der Waals surface area contributed by atoms with Crippen LogP contribution in [0.25, 0.3) is 10.8 Å². The van der Waals surface area contributed by atoms with E-state index in [0.717, 1.165) is 12.8 Å². The molecule has 7 heteroatoms. The third-order valence-electron chi connectivity index (χ3n) is 4.64. The van der Waals surface area contributed by atoms with E-state index in [2.05, 4.69) is 10.2 Å². The summed E-state index contributed by atoms with van der Waals surface area (Å²) in [6, 6.07) is 6.75. The van der Waals surface area contributed by atoms with Crippen LogP contribution in [0, 0.1) is 0 Å². The van der Waals surface area contributed by atoms with Crippen LogP contribution in [0.5, 0.6) is 0 Å². The molecule has 0 aliphatic carbocycles. The number of carbonyl (C=O) groups excluding carboxylic acids is 2. The Hall–Kier alpha value is -2.70. The Morgan fingerprint density at radius 3 is 2.27 bits per heavy atom. The number of ether oxygens (including phenoxy) is 1. The maximum absolute atomic E-state index is 12.6. The zero-order valence-electron chi connectivity index (χ0n) is 15.6. The van der Waals surface area contributed by atoms with Crippen molar-refractivity contribution < 1.29 is 14.3 Å². The first-order chi connectivity index (χ1) is 12.4. The number of fused-ring (bicyclic) bond motifs is 1. The Labute approximate surface area is 152 Å². The summed E-state index contributed by atoms with van der Waals surface area (Å²) in [6.45, 7) is 7.61. The maximum atomic E-state index is 12.6. The molecule has 0 fully saturated rings. The van der Waals surface area contributed by atoms with E-state index in [0.29, 0.717) is 10.8 Å². The summed E-state index contributed by atoms with van der Waals surface area (Å²) in [5.41, 5.74) is -0.389. The van der Waals surface area contributed by atoms with E-state index in [4.69, 9.17) is 4.74 Å². The number of H-pyrrole nitrogens is 1. The van der Waals surface area contributed by atoms with Crippen molar-refractivity contribution >= 4 is 22.6 Å². The molecule has 0 bridgehead atoms. The molecule has 0 spiro atoms. The van der Waals surface area contributed by atoms with Crippen molar-refractivity contribution in [3.8, 4) is 0 Å². The van der Waals surface area contributed by atoms with Crippen molar-refractivity contribution in [3.63, 3.8) is 0 Å². The summed E-state index contributed by atoms with van der Waals surface area (Å²) in [4.78, 5) is 38.5. The van der Waals surface area contributed by atoms with Crippen molar-refractivity contribution in [2.24, 2.45) is 0 Å². The summed E-state index contributed by atoms with van der Waals surface area (Å²) in [5.74, 6) is -0.977. The number of nitrogens with zero attached hydrogens (tertiary/aromatic N) is 2. The van der Waals surface area contributed by atoms with Gasteiger partial charge in [0.1, 0.15) is 0 Å². The minimum atomic E-state index is -0.737. The van der Waals surface area contributed by atoms with Crippen molar-refractivity contribution in [2.75, 3.05) is 6.61 Å². The number of aromatic nitrogens is 2. The first kappa shape index (κ1) is 19.6. The van der Waals surface area contributed by atoms with Gasteiger partial charge in [0.05, 0.1) is 5.39 Å². The molecule has 2 rings (SSSR count). The number of esters is 1. The highest BCUT2D eigenvalue weighted by Gasteiger charge is 2.25. The van der Waals surface area contributed by atoms with Crippen molar-refractivity contribution in [3.05, 3.63) is 40.3 Å². The molecule has 0 aliphatic rings. The zero-order valence-corrected chi connectivity index (χ0v) is 15.6. The van der Waals surface area contributed by atoms with Crippen LogP contribution in [0.3, 0.4) is 0 Å². The second kappa shape index (κ2) is 8.60. The van der Waals surface area contributed by atoms with Crippen LogP contribution in [-0.4, -0.2) is 45.7 Å². The molecule has 1 heterocycles. The van der Waals surface area contributed by atoms with Gasteiger partial charge < -0.3 is 9.64 Å². The Morgan fingerprint density at radius 1 is 1.12 bits per heavy atom. The summed E-state index contributed by atoms with van der Waals surface area (Å²) in [6.07, 6.45) is 1.63. The van der Waals surface area contributed by atoms with Gasteiger partial charge in [-0.1, -0.05) is 32.0 Å². The van der Waals surface area contributed by atoms with Crippen LogP contribution in [-0.2, 0) is 9.53 Å². The number of hydrogen-bond donors (Lipinski definition) is 1. The summed E-state index contributed by atoms with van der Waals surface area (Å²) in [7, 11) is 0. The predicted octanol–water partition coefficient (Wildman–Crippen LogP) is 2.51. The first-order valence-electron chi connectivity index (χ1n) is 8.86. The molecule has 1 aromatic heterocycles. The Bertz CT molecular complexity index is 836. The van der Waals surface area contributed by atoms with Gasteiger partial charge in [0.25, 0.3) is 11.5 Å². The van der Waals surface area contributed by atoms with Gasteiger partial charge in [-0.2, -0.15) is 5.10 Å². The number of nitrogens with one attached hydrogen (secondary N) is 1. The molecule has 140 valence electrons. The average Bonchev–Trinajstić information content (AvgIpc) is 2.66. The molecule has 2 atom stereocenters. The maximum Gasteiger partial charge on any atom is 0.359 e. The minimum Gasteiger partial charge on any atom is -0.451 e. The van der Waals surface area contributed by atoms with Gasteiger partial charge >= 0.3 is 5.97 Å². The lowest BCUT2D eigenvalue weighted by molar-refractivity contribution is -0.139. The van der Waals surface area contributed by atoms with Crippen LogP contribution in [0.4, 0.5) is 0 Å². The molecule has 1 amide bonds. The summed E-state index contributed by atoms with van der Waals surface area (Å²) in [5, 5.41) is 6.83. The van der Waals surface area contributed by atoms with E-state index < -0.39 is 5.97 Å². The number of carbonyl (C=O) groups is 2. The largest absolute Gasteiger partial charge is 0.451 e. The van der Waals surface area contributed by atoms with E-state index in [1.165, 1.54) is 0 Å². The zero-order chi connectivity index (χ0) is 19.3. The van der Waals surface area contributed by atoms with E-state index in [1.807, 2.05) is 27.7 Å². The van der Waals surface area contributed by atoms with Crippen LogP contribution in [0.15, 0.2) is 29.1 Å². The fourth-order valence-corrected chi connectivity index (χ4v) is 2.86. The average molecular weight is 359 g/mol. The highest BCUT2D eigenvalue weighted by molar-refractivity contribution is 6.02. The Morgan fingerprint density at radius 2 is 1.69 bits per heavy atom. The van der Waals surface area contributed by atoms with E-state index in [-0.39, 0.29) is 35.9 Å². The van der Waals surface area contributed by atoms with Gasteiger partial charge in [0.15, 0.2) is 12.3 Å². The molecule has 1 aromatic carbocycles. The first-order valence-corrected chi connectivity index (χ1v) is 8.86. The Balaban J connectivity index is 2.17. The highest BCUT2D eigenvalue weighted by Crippen LogP contribution is 2.15. The lowest BCUT2D eigenvalue weighted by Gasteiger charge is -2.33. The van der Waals surface area contributed by atoms with Gasteiger partial charge in [0, 0.05) is 17.5 Å². The Kier molecular flexibility index (Phi) is 6.49. The van der Waals surface area contributed by atoms with Crippen molar-refractivity contribution in [2.45, 2.75) is 52.6 Å². The van der Waals surface area contributed by atoms with Crippen LogP contribution < -0.4 is 5.56 Å². The topological polar surface area (TPSA) is 92.4 Å². The van der Waals surface area contributed by atoms with E-state index >= 15 is 0 Å². The molecular weight excluding hydrogens is 334 g/mol. The summed E-state index contributed by atoms with van der Waals surface area (Å²) < 4.78 is 5.19. The van der Waals surface area contributed by atoms with Gasteiger partial charge in [0.2, 0.25) is 0 Å². The normalized spacial score (nSPS) is 13.2. The van der Waals surface area contributed by atoms with E-state index in [1.54, 1.807) is 29.2 Å². The molecule has 1 N–H and O–H groups in total. The molecule has 0 saturated carbocycles. The SMILES string of the molecule is CC[C@H](C)N(C(=O)COC(=O)c1n[nH]c(=O)c2ccccc12)[C@@H](C)CC. The van der Waals surface area contributed by atoms with E-state index in [9.17, 15) is 14.4 Å². The molecule has 0 unspecified atom stereocenters. The second-order valence-corrected chi connectivity index (χ2v) is 6.34. The molecule has 26 heavy (non-hydrogen) atoms. The van der Waals surface area contributed by atoms with Crippen LogP contribution >= 0.6 is 0 Å². The number of rotatable bonds is 7. The molecule has 7 nitrogen and oxygen atoms in total. The number of amides is 1. The van der Waals surface area contributed by atoms with Crippen molar-refractivity contribution in [1.29, 1.82) is 0 Å². The molecule has 0 radical (unpaired) electrons. The lowest BCUT2D eigenvalue weighted by Crippen LogP contribution is -2.46. The third-order valence-corrected chi connectivity index (χ3v) is 4.64. The number of aromatic amines is 1. The lowest BCUT2D eigenvalue weighted by atomic mass is 10.1. The highest BCUT2D eigenvalue weighted by atomic mass is 16.5. The molecular formula is C19H25N3O4. The smallest absolute Gasteiger partial charge is 0.359 e. The minimum absolute atomic E-state index is 0.00775. The fraction of sp³-hybridized carbons (Fsp3) is 0.474. The standard InChI is InChI=1S/C19H25N3O4/c1-5-12(3)22(13(4)6-2)16(23)11-26-19(25)17-14-9-7-8-10-15(14)18(24)21-20-17/h7-10,12-13H,5-6,11H2,1-4H3,(H,21,24)/t12-,13-/m0/s1. The van der Waals surface area contributed by atoms with Gasteiger partial charge in [-0.25, -0.2) is 9.89 Å². The third kappa shape index (κ3) is 4.09. The quantitative estimate of drug-likeness (QED) is 0.767. The predicted molar refractivity (Wildman–Crippen MR) is 99.0 cm³/mol. The van der Waals surface area contributed by atoms with Crippen LogP contribution in [0.2, 0.25) is 0 Å². The number of benzene rings is 1. The summed E-state index contributed by atoms with van der Waals surface area (Å²) >= 11 is 0. The van der Waals surface area contributed by atoms with Gasteiger partial charge in [-0.05, 0) is 32.8 Å².